The van der Waals surface area contributed by atoms with Gasteiger partial charge in [-0.3, -0.25) is 4.98 Å². The van der Waals surface area contributed by atoms with Crippen molar-refractivity contribution in [2.24, 2.45) is 0 Å². The minimum atomic E-state index is -0.900. The molecular weight excluding hydrogens is 282 g/mol. The Morgan fingerprint density at radius 3 is 2.71 bits per heavy atom. The third kappa shape index (κ3) is 2.17. The van der Waals surface area contributed by atoms with E-state index in [0.717, 1.165) is 10.0 Å². The predicted molar refractivity (Wildman–Crippen MR) is 70.5 cm³/mol. The van der Waals surface area contributed by atoms with Crippen molar-refractivity contribution >= 4 is 32.8 Å². The molecule has 0 spiro atoms. The summed E-state index contributed by atoms with van der Waals surface area (Å²) in [5.41, 5.74) is 1.82. The molecule has 1 N–H and O–H groups in total. The van der Waals surface area contributed by atoms with Gasteiger partial charge in [0.2, 0.25) is 0 Å². The SMILES string of the molecule is CC(C)c1cnc2cc(Br)ccc2c1C(=O)O. The van der Waals surface area contributed by atoms with Gasteiger partial charge in [-0.05, 0) is 23.6 Å². The largest absolute Gasteiger partial charge is 0.478 e. The van der Waals surface area contributed by atoms with Crippen LogP contribution in [0.5, 0.6) is 0 Å². The number of aromatic nitrogens is 1. The number of carbonyl (C=O) groups is 1. The molecule has 0 radical (unpaired) electrons. The van der Waals surface area contributed by atoms with Crippen LogP contribution in [0.4, 0.5) is 0 Å². The van der Waals surface area contributed by atoms with Crippen molar-refractivity contribution < 1.29 is 9.90 Å². The van der Waals surface area contributed by atoms with Gasteiger partial charge in [-0.2, -0.15) is 0 Å². The van der Waals surface area contributed by atoms with Crippen LogP contribution >= 0.6 is 15.9 Å². The van der Waals surface area contributed by atoms with Gasteiger partial charge >= 0.3 is 5.97 Å². The Bertz CT molecular complexity index is 593. The van der Waals surface area contributed by atoms with Crippen molar-refractivity contribution in [1.29, 1.82) is 0 Å². The first-order valence-corrected chi connectivity index (χ1v) is 6.11. The summed E-state index contributed by atoms with van der Waals surface area (Å²) < 4.78 is 0.895. The second-order valence-corrected chi connectivity index (χ2v) is 5.13. The fourth-order valence-corrected chi connectivity index (χ4v) is 2.21. The van der Waals surface area contributed by atoms with E-state index in [4.69, 9.17) is 0 Å². The van der Waals surface area contributed by atoms with Crippen molar-refractivity contribution in [2.75, 3.05) is 0 Å². The number of fused-ring (bicyclic) bond motifs is 1. The van der Waals surface area contributed by atoms with Gasteiger partial charge in [-0.1, -0.05) is 35.8 Å². The van der Waals surface area contributed by atoms with Crippen LogP contribution in [0.15, 0.2) is 28.9 Å². The fraction of sp³-hybridized carbons (Fsp3) is 0.231. The number of carboxylic acids is 1. The average molecular weight is 294 g/mol. The van der Waals surface area contributed by atoms with Gasteiger partial charge in [0.15, 0.2) is 0 Å². The topological polar surface area (TPSA) is 50.2 Å². The average Bonchev–Trinajstić information content (AvgIpc) is 2.26. The lowest BCUT2D eigenvalue weighted by Crippen LogP contribution is -2.06. The number of pyridine rings is 1. The summed E-state index contributed by atoms with van der Waals surface area (Å²) in [7, 11) is 0. The maximum Gasteiger partial charge on any atom is 0.336 e. The van der Waals surface area contributed by atoms with Gasteiger partial charge in [0.25, 0.3) is 0 Å². The number of halogens is 1. The van der Waals surface area contributed by atoms with Crippen molar-refractivity contribution in [1.82, 2.24) is 4.98 Å². The molecule has 0 bridgehead atoms. The molecule has 1 aromatic carbocycles. The van der Waals surface area contributed by atoms with Crippen LogP contribution in [0.2, 0.25) is 0 Å². The van der Waals surface area contributed by atoms with Crippen molar-refractivity contribution in [2.45, 2.75) is 19.8 Å². The monoisotopic (exact) mass is 293 g/mol. The lowest BCUT2D eigenvalue weighted by molar-refractivity contribution is 0.0697. The Labute approximate surface area is 108 Å². The number of hydrogen-bond acceptors (Lipinski definition) is 2. The summed E-state index contributed by atoms with van der Waals surface area (Å²) >= 11 is 3.35. The predicted octanol–water partition coefficient (Wildman–Crippen LogP) is 3.82. The van der Waals surface area contributed by atoms with Gasteiger partial charge in [0, 0.05) is 16.1 Å². The van der Waals surface area contributed by atoms with Gasteiger partial charge in [-0.15, -0.1) is 0 Å². The molecule has 88 valence electrons. The van der Waals surface area contributed by atoms with E-state index in [0.29, 0.717) is 16.5 Å². The molecule has 17 heavy (non-hydrogen) atoms. The Morgan fingerprint density at radius 1 is 1.41 bits per heavy atom. The summed E-state index contributed by atoms with van der Waals surface area (Å²) in [6, 6.07) is 5.45. The third-order valence-corrected chi connectivity index (χ3v) is 3.19. The first-order valence-electron chi connectivity index (χ1n) is 5.32. The summed E-state index contributed by atoms with van der Waals surface area (Å²) in [6.45, 7) is 3.93. The number of nitrogens with zero attached hydrogens (tertiary/aromatic N) is 1. The van der Waals surface area contributed by atoms with Crippen LogP contribution in [-0.2, 0) is 0 Å². The molecule has 2 aromatic rings. The minimum Gasteiger partial charge on any atom is -0.478 e. The molecule has 0 atom stereocenters. The number of rotatable bonds is 2. The van der Waals surface area contributed by atoms with Crippen molar-refractivity contribution in [3.05, 3.63) is 40.0 Å². The smallest absolute Gasteiger partial charge is 0.336 e. The van der Waals surface area contributed by atoms with E-state index >= 15 is 0 Å². The highest BCUT2D eigenvalue weighted by molar-refractivity contribution is 9.10. The Balaban J connectivity index is 2.84. The van der Waals surface area contributed by atoms with Crippen LogP contribution in [0, 0.1) is 0 Å². The van der Waals surface area contributed by atoms with E-state index in [1.54, 1.807) is 12.3 Å². The number of carboxylic acid groups (broad SMARTS) is 1. The summed E-state index contributed by atoms with van der Waals surface area (Å²) in [4.78, 5) is 15.7. The maximum atomic E-state index is 11.4. The second kappa shape index (κ2) is 4.45. The maximum absolute atomic E-state index is 11.4. The zero-order valence-electron chi connectivity index (χ0n) is 9.57. The summed E-state index contributed by atoms with van der Waals surface area (Å²) in [6.07, 6.45) is 1.66. The molecule has 4 heteroatoms. The van der Waals surface area contributed by atoms with E-state index in [9.17, 15) is 9.90 Å². The molecule has 2 rings (SSSR count). The van der Waals surface area contributed by atoms with Crippen LogP contribution in [0.25, 0.3) is 10.9 Å². The molecular formula is C13H12BrNO2. The Morgan fingerprint density at radius 2 is 2.12 bits per heavy atom. The first-order chi connectivity index (χ1) is 8.00. The normalized spacial score (nSPS) is 11.1. The Hall–Kier alpha value is -1.42. The highest BCUT2D eigenvalue weighted by atomic mass is 79.9. The lowest BCUT2D eigenvalue weighted by atomic mass is 9.96. The number of benzene rings is 1. The van der Waals surface area contributed by atoms with E-state index in [1.165, 1.54) is 0 Å². The quantitative estimate of drug-likeness (QED) is 0.916. The van der Waals surface area contributed by atoms with Crippen molar-refractivity contribution in [3.8, 4) is 0 Å². The third-order valence-electron chi connectivity index (χ3n) is 2.70. The van der Waals surface area contributed by atoms with Crippen LogP contribution in [0.1, 0.15) is 35.7 Å². The molecule has 0 aliphatic heterocycles. The second-order valence-electron chi connectivity index (χ2n) is 4.21. The molecule has 0 unspecified atom stereocenters. The van der Waals surface area contributed by atoms with Crippen LogP contribution in [0.3, 0.4) is 0 Å². The van der Waals surface area contributed by atoms with E-state index in [-0.39, 0.29) is 5.92 Å². The van der Waals surface area contributed by atoms with E-state index in [1.807, 2.05) is 26.0 Å². The molecule has 0 fully saturated rings. The number of aromatic carboxylic acids is 1. The number of hydrogen-bond donors (Lipinski definition) is 1. The lowest BCUT2D eigenvalue weighted by Gasteiger charge is -2.11. The molecule has 0 saturated heterocycles. The van der Waals surface area contributed by atoms with Gasteiger partial charge in [0.05, 0.1) is 11.1 Å². The van der Waals surface area contributed by atoms with Crippen LogP contribution in [-0.4, -0.2) is 16.1 Å². The standard InChI is InChI=1S/C13H12BrNO2/c1-7(2)10-6-15-11-5-8(14)3-4-9(11)12(10)13(16)17/h3-7H,1-2H3,(H,16,17). The fourth-order valence-electron chi connectivity index (χ4n) is 1.86. The van der Waals surface area contributed by atoms with Gasteiger partial charge in [-0.25, -0.2) is 4.79 Å². The molecule has 1 aromatic heterocycles. The minimum absolute atomic E-state index is 0.140. The molecule has 0 aliphatic carbocycles. The first kappa shape index (κ1) is 12.0. The van der Waals surface area contributed by atoms with E-state index in [2.05, 4.69) is 20.9 Å². The van der Waals surface area contributed by atoms with Gasteiger partial charge < -0.3 is 5.11 Å². The molecule has 0 amide bonds. The summed E-state index contributed by atoms with van der Waals surface area (Å²) in [5, 5.41) is 10.0. The van der Waals surface area contributed by atoms with Crippen LogP contribution < -0.4 is 0 Å². The Kier molecular flexibility index (Phi) is 3.15. The highest BCUT2D eigenvalue weighted by Crippen LogP contribution is 2.27. The molecule has 3 nitrogen and oxygen atoms in total. The molecule has 0 aliphatic rings. The van der Waals surface area contributed by atoms with Crippen molar-refractivity contribution in [3.63, 3.8) is 0 Å². The zero-order chi connectivity index (χ0) is 12.6. The highest BCUT2D eigenvalue weighted by Gasteiger charge is 2.17. The van der Waals surface area contributed by atoms with Gasteiger partial charge in [0.1, 0.15) is 0 Å². The van der Waals surface area contributed by atoms with E-state index < -0.39 is 5.97 Å². The summed E-state index contributed by atoms with van der Waals surface area (Å²) in [5.74, 6) is -0.759. The molecule has 1 heterocycles. The molecule has 0 saturated carbocycles. The zero-order valence-corrected chi connectivity index (χ0v) is 11.2.